The van der Waals surface area contributed by atoms with Gasteiger partial charge in [0.2, 0.25) is 5.91 Å². The number of hydrogen-bond acceptors (Lipinski definition) is 8. The van der Waals surface area contributed by atoms with Gasteiger partial charge in [0.15, 0.2) is 6.10 Å². The molecule has 0 bridgehead atoms. The van der Waals surface area contributed by atoms with E-state index in [1.54, 1.807) is 24.3 Å². The Labute approximate surface area is 240 Å². The molecule has 4 unspecified atom stereocenters. The zero-order chi connectivity index (χ0) is 29.8. The molecule has 5 N–H and O–H groups in total. The van der Waals surface area contributed by atoms with Crippen LogP contribution in [0.2, 0.25) is 0 Å². The summed E-state index contributed by atoms with van der Waals surface area (Å²) in [6.07, 6.45) is 5.84. The monoisotopic (exact) mass is 590 g/mol. The van der Waals surface area contributed by atoms with Crippen LogP contribution in [0.3, 0.4) is 0 Å². The normalized spacial score (nSPS) is 27.7. The minimum Gasteiger partial charge on any atom is -0.436 e. The van der Waals surface area contributed by atoms with Gasteiger partial charge >= 0.3 is 16.3 Å². The molecule has 4 amide bonds. The maximum Gasteiger partial charge on any atom is 0.405 e. The summed E-state index contributed by atoms with van der Waals surface area (Å²) >= 11 is 0. The van der Waals surface area contributed by atoms with Crippen molar-refractivity contribution >= 4 is 45.4 Å². The van der Waals surface area contributed by atoms with Crippen LogP contribution >= 0.6 is 0 Å². The highest BCUT2D eigenvalue weighted by atomic mass is 32.2. The average molecular weight is 591 g/mol. The average Bonchev–Trinajstić information content (AvgIpc) is 3.36. The quantitative estimate of drug-likeness (QED) is 0.359. The summed E-state index contributed by atoms with van der Waals surface area (Å²) < 4.78 is 35.3. The number of fused-ring (bicyclic) bond motifs is 2. The van der Waals surface area contributed by atoms with Crippen LogP contribution in [0.4, 0.5) is 16.2 Å². The van der Waals surface area contributed by atoms with E-state index in [0.29, 0.717) is 25.7 Å². The molecule has 0 aromatic heterocycles. The van der Waals surface area contributed by atoms with Crippen LogP contribution in [0, 0.1) is 5.92 Å². The first kappa shape index (κ1) is 30.2. The number of primary amides is 1. The van der Waals surface area contributed by atoms with Gasteiger partial charge in [-0.25, -0.2) is 9.52 Å². The van der Waals surface area contributed by atoms with E-state index >= 15 is 0 Å². The second-order valence-electron chi connectivity index (χ2n) is 10.9. The van der Waals surface area contributed by atoms with E-state index in [1.807, 2.05) is 31.1 Å². The van der Waals surface area contributed by atoms with Crippen molar-refractivity contribution in [1.82, 2.24) is 14.9 Å². The minimum atomic E-state index is -4.32. The molecule has 3 aliphatic rings. The van der Waals surface area contributed by atoms with E-state index in [9.17, 15) is 27.6 Å². The lowest BCUT2D eigenvalue weighted by molar-refractivity contribution is -0.146. The summed E-state index contributed by atoms with van der Waals surface area (Å²) in [4.78, 5) is 54.9. The molecule has 1 aromatic rings. The van der Waals surface area contributed by atoms with E-state index in [4.69, 9.17) is 10.5 Å². The van der Waals surface area contributed by atoms with Crippen molar-refractivity contribution < 1.29 is 32.3 Å². The zero-order valence-electron chi connectivity index (χ0n) is 23.3. The van der Waals surface area contributed by atoms with E-state index in [1.165, 1.54) is 4.90 Å². The lowest BCUT2D eigenvalue weighted by atomic mass is 10.1. The summed E-state index contributed by atoms with van der Waals surface area (Å²) in [5, 5.41) is 2.76. The molecular formula is C27H38N6O7S. The van der Waals surface area contributed by atoms with Crippen LogP contribution < -0.4 is 25.4 Å². The van der Waals surface area contributed by atoms with Gasteiger partial charge in [-0.2, -0.15) is 8.42 Å². The number of ether oxygens (including phenoxy) is 1. The highest BCUT2D eigenvalue weighted by molar-refractivity contribution is 7.91. The number of carbonyl (C=O) groups excluding carboxylic acids is 4. The number of nitrogens with two attached hydrogens (primary N) is 1. The highest BCUT2D eigenvalue weighted by Crippen LogP contribution is 2.45. The van der Waals surface area contributed by atoms with Crippen LogP contribution in [0.25, 0.3) is 0 Å². The number of nitrogens with one attached hydrogen (secondary N) is 3. The Morgan fingerprint density at radius 1 is 1.10 bits per heavy atom. The maximum atomic E-state index is 13.5. The largest absolute Gasteiger partial charge is 0.436 e. The van der Waals surface area contributed by atoms with Gasteiger partial charge in [-0.3, -0.25) is 19.1 Å². The van der Waals surface area contributed by atoms with Crippen molar-refractivity contribution in [2.45, 2.75) is 69.1 Å². The van der Waals surface area contributed by atoms with Gasteiger partial charge in [-0.05, 0) is 69.2 Å². The molecule has 1 saturated heterocycles. The summed E-state index contributed by atoms with van der Waals surface area (Å²) in [5.41, 5.74) is 4.85. The molecule has 1 saturated carbocycles. The van der Waals surface area contributed by atoms with Crippen LogP contribution in [-0.4, -0.2) is 75.5 Å². The number of nitrogens with zero attached hydrogens (tertiary/aromatic N) is 2. The zero-order valence-corrected chi connectivity index (χ0v) is 24.1. The molecule has 4 atom stereocenters. The molecule has 224 valence electrons. The van der Waals surface area contributed by atoms with Crippen molar-refractivity contribution in [3.05, 3.63) is 36.4 Å². The number of amides is 4. The maximum absolute atomic E-state index is 13.5. The molecule has 1 aromatic carbocycles. The van der Waals surface area contributed by atoms with E-state index < -0.39 is 57.6 Å². The smallest absolute Gasteiger partial charge is 0.405 e. The first-order valence-corrected chi connectivity index (χ1v) is 15.3. The fourth-order valence-electron chi connectivity index (χ4n) is 5.40. The van der Waals surface area contributed by atoms with Crippen molar-refractivity contribution in [2.24, 2.45) is 11.7 Å². The first-order chi connectivity index (χ1) is 19.4. The summed E-state index contributed by atoms with van der Waals surface area (Å²) in [6, 6.07) is 5.72. The molecule has 13 nitrogen and oxygen atoms in total. The Balaban J connectivity index is 1.53. The van der Waals surface area contributed by atoms with Gasteiger partial charge in [0.1, 0.15) is 11.6 Å². The molecule has 0 radical (unpaired) electrons. The summed E-state index contributed by atoms with van der Waals surface area (Å²) in [5.74, 6) is -2.36. The summed E-state index contributed by atoms with van der Waals surface area (Å²) in [6.45, 7) is 0.281. The van der Waals surface area contributed by atoms with Crippen molar-refractivity contribution in [3.63, 3.8) is 0 Å². The molecular weight excluding hydrogens is 552 g/mol. The second kappa shape index (κ2) is 12.4. The summed E-state index contributed by atoms with van der Waals surface area (Å²) in [7, 11) is -0.607. The van der Waals surface area contributed by atoms with Gasteiger partial charge < -0.3 is 25.6 Å². The second-order valence-corrected chi connectivity index (χ2v) is 12.3. The number of hydrogen-bond donors (Lipinski definition) is 4. The molecule has 2 aliphatic heterocycles. The molecule has 14 heteroatoms. The Hall–Kier alpha value is -3.81. The molecule has 2 fully saturated rings. The van der Waals surface area contributed by atoms with Gasteiger partial charge in [0.25, 0.3) is 11.8 Å². The minimum absolute atomic E-state index is 0.211. The Morgan fingerprint density at radius 2 is 1.83 bits per heavy atom. The Kier molecular flexibility index (Phi) is 9.10. The van der Waals surface area contributed by atoms with Crippen LogP contribution in [0.5, 0.6) is 0 Å². The van der Waals surface area contributed by atoms with Crippen LogP contribution in [0.15, 0.2) is 36.4 Å². The van der Waals surface area contributed by atoms with Gasteiger partial charge in [0, 0.05) is 32.2 Å². The van der Waals surface area contributed by atoms with Gasteiger partial charge in [-0.1, -0.05) is 18.6 Å². The van der Waals surface area contributed by atoms with Crippen molar-refractivity contribution in [3.8, 4) is 0 Å². The van der Waals surface area contributed by atoms with Crippen molar-refractivity contribution in [1.29, 1.82) is 0 Å². The van der Waals surface area contributed by atoms with E-state index in [2.05, 4.69) is 14.8 Å². The van der Waals surface area contributed by atoms with Crippen LogP contribution in [0.1, 0.15) is 51.4 Å². The van der Waals surface area contributed by atoms with Gasteiger partial charge in [0.05, 0.1) is 5.69 Å². The first-order valence-electron chi connectivity index (χ1n) is 13.8. The number of carbonyl (C=O) groups is 4. The third-order valence-corrected chi connectivity index (χ3v) is 8.67. The Morgan fingerprint density at radius 3 is 2.51 bits per heavy atom. The number of allylic oxidation sites excluding steroid dienone is 1. The molecule has 0 spiro atoms. The standard InChI is InChI=1S/C27H38N6O7S/c1-32(2)20-14-12-19(13-15-20)30-41(38,39)31-25(36)27-17-18(27)9-6-4-3-5-7-11-22(40-26(28)37)24(35)33-16-8-10-21(33)23(34)29-27/h6,9,12-15,18,21-22,30H,3-5,7-8,10-11,16-17H2,1-2H3,(H2,28,37)(H,29,34)(H,31,36)/b9-6+. The highest BCUT2D eigenvalue weighted by Gasteiger charge is 2.61. The van der Waals surface area contributed by atoms with E-state index in [-0.39, 0.29) is 25.1 Å². The molecule has 1 aliphatic carbocycles. The number of benzene rings is 1. The van der Waals surface area contributed by atoms with Crippen molar-refractivity contribution in [2.75, 3.05) is 30.3 Å². The lowest BCUT2D eigenvalue weighted by Gasteiger charge is -2.29. The Bertz CT molecular complexity index is 1300. The third kappa shape index (κ3) is 7.29. The van der Waals surface area contributed by atoms with E-state index in [0.717, 1.165) is 18.5 Å². The predicted molar refractivity (Wildman–Crippen MR) is 152 cm³/mol. The fourth-order valence-corrected chi connectivity index (χ4v) is 6.32. The fraction of sp³-hybridized carbons (Fsp3) is 0.556. The third-order valence-electron chi connectivity index (χ3n) is 7.71. The SMILES string of the molecule is CN(C)c1ccc(NS(=O)(=O)NC(=O)C23CC2/C=C/CCCCCC(OC(N)=O)C(=O)N2CCCC2C(=O)N3)cc1. The molecule has 41 heavy (non-hydrogen) atoms. The molecule has 4 rings (SSSR count). The topological polar surface area (TPSA) is 180 Å². The van der Waals surface area contributed by atoms with Gasteiger partial charge in [-0.15, -0.1) is 0 Å². The lowest BCUT2D eigenvalue weighted by Crippen LogP contribution is -2.57. The number of rotatable bonds is 6. The number of anilines is 2. The van der Waals surface area contributed by atoms with Crippen LogP contribution in [-0.2, 0) is 29.3 Å². The molecule has 2 heterocycles. The predicted octanol–water partition coefficient (Wildman–Crippen LogP) is 1.38.